The minimum atomic E-state index is -0.558. The summed E-state index contributed by atoms with van der Waals surface area (Å²) in [7, 11) is 0. The minimum Gasteiger partial charge on any atom is -0.383 e. The second kappa shape index (κ2) is 5.58. The van der Waals surface area contributed by atoms with Crippen LogP contribution in [0.2, 0.25) is 0 Å². The van der Waals surface area contributed by atoms with Crippen LogP contribution >= 0.6 is 11.8 Å². The van der Waals surface area contributed by atoms with E-state index in [1.807, 2.05) is 30.5 Å². The third-order valence-corrected chi connectivity index (χ3v) is 3.81. The normalized spacial score (nSPS) is 11.0. The highest BCUT2D eigenvalue weighted by Gasteiger charge is 2.20. The first kappa shape index (κ1) is 14.5. The van der Waals surface area contributed by atoms with Gasteiger partial charge in [-0.25, -0.2) is 4.68 Å². The van der Waals surface area contributed by atoms with Crippen LogP contribution in [-0.2, 0) is 0 Å². The van der Waals surface area contributed by atoms with Crippen LogP contribution in [0.1, 0.15) is 35.7 Å². The molecule has 2 aromatic rings. The average molecular weight is 290 g/mol. The van der Waals surface area contributed by atoms with Crippen molar-refractivity contribution in [3.63, 3.8) is 0 Å². The molecule has 1 amide bonds. The number of rotatable bonds is 4. The van der Waals surface area contributed by atoms with Gasteiger partial charge in [-0.3, -0.25) is 4.79 Å². The summed E-state index contributed by atoms with van der Waals surface area (Å²) in [6.45, 7) is 4.27. The van der Waals surface area contributed by atoms with E-state index < -0.39 is 5.91 Å². The van der Waals surface area contributed by atoms with E-state index in [1.165, 1.54) is 17.3 Å². The third kappa shape index (κ3) is 2.51. The van der Waals surface area contributed by atoms with Crippen molar-refractivity contribution < 1.29 is 4.79 Å². The van der Waals surface area contributed by atoms with Crippen LogP contribution in [-0.4, -0.2) is 21.9 Å². The smallest absolute Gasteiger partial charge is 0.255 e. The number of nitrogens with zero attached hydrogens (tertiary/aromatic N) is 2. The number of benzene rings is 1. The summed E-state index contributed by atoms with van der Waals surface area (Å²) in [5, 5.41) is 4.89. The predicted molar refractivity (Wildman–Crippen MR) is 82.4 cm³/mol. The molecule has 5 nitrogen and oxygen atoms in total. The van der Waals surface area contributed by atoms with E-state index in [0.717, 1.165) is 5.69 Å². The fraction of sp³-hybridized carbons (Fsp3) is 0.286. The van der Waals surface area contributed by atoms with E-state index in [-0.39, 0.29) is 11.4 Å². The first-order valence-corrected chi connectivity index (χ1v) is 7.50. The molecule has 0 aliphatic heterocycles. The molecule has 6 heteroatoms. The Morgan fingerprint density at radius 2 is 1.90 bits per heavy atom. The molecule has 0 bridgehead atoms. The number of carbonyl (C=O) groups excluding carboxylic acids is 1. The Hall–Kier alpha value is -1.95. The highest BCUT2D eigenvalue weighted by atomic mass is 32.2. The summed E-state index contributed by atoms with van der Waals surface area (Å²) in [4.78, 5) is 11.5. The Balaban J connectivity index is 2.50. The molecule has 0 unspecified atom stereocenters. The van der Waals surface area contributed by atoms with Crippen LogP contribution < -0.4 is 11.5 Å². The Morgan fingerprint density at radius 3 is 2.30 bits per heavy atom. The van der Waals surface area contributed by atoms with Gasteiger partial charge in [0.2, 0.25) is 0 Å². The highest BCUT2D eigenvalue weighted by molar-refractivity contribution is 7.98. The molecule has 0 spiro atoms. The van der Waals surface area contributed by atoms with Crippen molar-refractivity contribution in [3.05, 3.63) is 35.4 Å². The monoisotopic (exact) mass is 290 g/mol. The molecular formula is C14H18N4OS. The standard InChI is InChI=1S/C14H18N4OS/c1-8(2)9-4-6-10(7-5-9)18-12(15)11(13(16)19)14(17-18)20-3/h4-8H,15H2,1-3H3,(H2,16,19). The van der Waals surface area contributed by atoms with Crippen LogP contribution in [0.4, 0.5) is 5.82 Å². The lowest BCUT2D eigenvalue weighted by atomic mass is 10.0. The number of nitrogen functional groups attached to an aromatic ring is 1. The molecule has 1 heterocycles. The SMILES string of the molecule is CSc1nn(-c2ccc(C(C)C)cc2)c(N)c1C(N)=O. The lowest BCUT2D eigenvalue weighted by molar-refractivity contribution is 0.0998. The first-order chi connectivity index (χ1) is 9.45. The zero-order chi connectivity index (χ0) is 14.9. The van der Waals surface area contributed by atoms with E-state index in [1.54, 1.807) is 4.68 Å². The molecule has 2 rings (SSSR count). The summed E-state index contributed by atoms with van der Waals surface area (Å²) in [5.74, 6) is 0.179. The molecular weight excluding hydrogens is 272 g/mol. The quantitative estimate of drug-likeness (QED) is 0.846. The summed E-state index contributed by atoms with van der Waals surface area (Å²) >= 11 is 1.35. The number of hydrogen-bond donors (Lipinski definition) is 2. The molecule has 0 fully saturated rings. The fourth-order valence-electron chi connectivity index (χ4n) is 1.98. The van der Waals surface area contributed by atoms with E-state index in [0.29, 0.717) is 10.9 Å². The zero-order valence-electron chi connectivity index (χ0n) is 11.8. The number of carbonyl (C=O) groups is 1. The maximum Gasteiger partial charge on any atom is 0.255 e. The molecule has 106 valence electrons. The molecule has 0 atom stereocenters. The molecule has 0 aliphatic rings. The molecule has 0 saturated heterocycles. The lowest BCUT2D eigenvalue weighted by Crippen LogP contribution is -2.14. The molecule has 20 heavy (non-hydrogen) atoms. The molecule has 4 N–H and O–H groups in total. The number of nitrogens with two attached hydrogens (primary N) is 2. The minimum absolute atomic E-state index is 0.277. The van der Waals surface area contributed by atoms with Gasteiger partial charge in [0.25, 0.3) is 5.91 Å². The van der Waals surface area contributed by atoms with Gasteiger partial charge in [0.05, 0.1) is 5.69 Å². The Bertz CT molecular complexity index is 631. The van der Waals surface area contributed by atoms with Gasteiger partial charge in [-0.05, 0) is 29.9 Å². The van der Waals surface area contributed by atoms with E-state index in [9.17, 15) is 4.79 Å². The maximum absolute atomic E-state index is 11.5. The molecule has 0 saturated carbocycles. The maximum atomic E-state index is 11.5. The van der Waals surface area contributed by atoms with Gasteiger partial charge in [-0.2, -0.15) is 5.10 Å². The van der Waals surface area contributed by atoms with Crippen molar-refractivity contribution in [3.8, 4) is 5.69 Å². The van der Waals surface area contributed by atoms with Crippen molar-refractivity contribution in [2.45, 2.75) is 24.8 Å². The summed E-state index contributed by atoms with van der Waals surface area (Å²) in [5.41, 5.74) is 13.7. The van der Waals surface area contributed by atoms with Crippen molar-refractivity contribution >= 4 is 23.5 Å². The van der Waals surface area contributed by atoms with Crippen LogP contribution in [0.25, 0.3) is 5.69 Å². The van der Waals surface area contributed by atoms with Crippen LogP contribution in [0, 0.1) is 0 Å². The fourth-order valence-corrected chi connectivity index (χ4v) is 2.55. The van der Waals surface area contributed by atoms with Crippen LogP contribution in [0.3, 0.4) is 0 Å². The average Bonchev–Trinajstić information content (AvgIpc) is 2.75. The van der Waals surface area contributed by atoms with Gasteiger partial charge in [-0.15, -0.1) is 11.8 Å². The second-order valence-corrected chi connectivity index (χ2v) is 5.59. The number of anilines is 1. The van der Waals surface area contributed by atoms with Gasteiger partial charge in [0.15, 0.2) is 0 Å². The number of primary amides is 1. The van der Waals surface area contributed by atoms with Gasteiger partial charge < -0.3 is 11.5 Å². The molecule has 1 aromatic carbocycles. The van der Waals surface area contributed by atoms with Crippen molar-refractivity contribution in [1.82, 2.24) is 9.78 Å². The molecule has 1 aromatic heterocycles. The molecule has 0 aliphatic carbocycles. The molecule has 0 radical (unpaired) electrons. The second-order valence-electron chi connectivity index (χ2n) is 4.79. The van der Waals surface area contributed by atoms with Crippen LogP contribution in [0.15, 0.2) is 29.3 Å². The first-order valence-electron chi connectivity index (χ1n) is 6.28. The highest BCUT2D eigenvalue weighted by Crippen LogP contribution is 2.27. The Morgan fingerprint density at radius 1 is 1.30 bits per heavy atom. The van der Waals surface area contributed by atoms with Gasteiger partial charge >= 0.3 is 0 Å². The topological polar surface area (TPSA) is 86.9 Å². The number of aromatic nitrogens is 2. The van der Waals surface area contributed by atoms with Crippen molar-refractivity contribution in [2.24, 2.45) is 5.73 Å². The largest absolute Gasteiger partial charge is 0.383 e. The number of hydrogen-bond acceptors (Lipinski definition) is 4. The van der Waals surface area contributed by atoms with Crippen LogP contribution in [0.5, 0.6) is 0 Å². The summed E-state index contributed by atoms with van der Waals surface area (Å²) in [6, 6.07) is 7.94. The number of amides is 1. The van der Waals surface area contributed by atoms with E-state index in [4.69, 9.17) is 11.5 Å². The predicted octanol–water partition coefficient (Wildman–Crippen LogP) is 2.40. The zero-order valence-corrected chi connectivity index (χ0v) is 12.6. The Kier molecular flexibility index (Phi) is 4.04. The lowest BCUT2D eigenvalue weighted by Gasteiger charge is -2.08. The van der Waals surface area contributed by atoms with Crippen molar-refractivity contribution in [1.29, 1.82) is 0 Å². The van der Waals surface area contributed by atoms with Gasteiger partial charge in [0.1, 0.15) is 16.4 Å². The Labute approximate surface area is 122 Å². The van der Waals surface area contributed by atoms with Gasteiger partial charge in [0, 0.05) is 0 Å². The van der Waals surface area contributed by atoms with Crippen molar-refractivity contribution in [2.75, 3.05) is 12.0 Å². The number of thioether (sulfide) groups is 1. The summed E-state index contributed by atoms with van der Waals surface area (Å²) in [6.07, 6.45) is 1.83. The summed E-state index contributed by atoms with van der Waals surface area (Å²) < 4.78 is 1.55. The van der Waals surface area contributed by atoms with Gasteiger partial charge in [-0.1, -0.05) is 26.0 Å². The third-order valence-electron chi connectivity index (χ3n) is 3.13. The van der Waals surface area contributed by atoms with E-state index in [2.05, 4.69) is 18.9 Å². The van der Waals surface area contributed by atoms with E-state index >= 15 is 0 Å².